The molecule has 1 N–H and O–H groups in total. The van der Waals surface area contributed by atoms with Gasteiger partial charge in [0.15, 0.2) is 5.96 Å². The van der Waals surface area contributed by atoms with Crippen molar-refractivity contribution < 1.29 is 0 Å². The zero-order valence-electron chi connectivity index (χ0n) is 14.3. The van der Waals surface area contributed by atoms with Gasteiger partial charge in [-0.1, -0.05) is 13.8 Å². The third-order valence-electron chi connectivity index (χ3n) is 4.12. The molecule has 2 heterocycles. The number of hydrogen-bond donors (Lipinski definition) is 1. The SMILES string of the molecule is CCNC(=NCCCn1ccnc1)N1CCC(CC(C)C)C1. The van der Waals surface area contributed by atoms with Gasteiger partial charge in [0.05, 0.1) is 6.33 Å². The Balaban J connectivity index is 1.79. The Hall–Kier alpha value is -1.52. The maximum atomic E-state index is 4.81. The Morgan fingerprint density at radius 1 is 1.45 bits per heavy atom. The molecule has 5 heteroatoms. The summed E-state index contributed by atoms with van der Waals surface area (Å²) in [7, 11) is 0. The van der Waals surface area contributed by atoms with E-state index in [2.05, 4.69) is 40.5 Å². The van der Waals surface area contributed by atoms with Crippen LogP contribution in [0.4, 0.5) is 0 Å². The molecule has 1 atom stereocenters. The average Bonchev–Trinajstić information content (AvgIpc) is 3.13. The van der Waals surface area contributed by atoms with Gasteiger partial charge in [-0.05, 0) is 38.0 Å². The molecule has 0 aliphatic carbocycles. The fourth-order valence-electron chi connectivity index (χ4n) is 3.17. The quantitative estimate of drug-likeness (QED) is 0.478. The summed E-state index contributed by atoms with van der Waals surface area (Å²) >= 11 is 0. The van der Waals surface area contributed by atoms with Crippen molar-refractivity contribution in [2.24, 2.45) is 16.8 Å². The topological polar surface area (TPSA) is 45.5 Å². The van der Waals surface area contributed by atoms with E-state index >= 15 is 0 Å². The lowest BCUT2D eigenvalue weighted by Gasteiger charge is -2.22. The van der Waals surface area contributed by atoms with E-state index in [0.717, 1.165) is 56.9 Å². The van der Waals surface area contributed by atoms with Crippen LogP contribution >= 0.6 is 0 Å². The van der Waals surface area contributed by atoms with Gasteiger partial charge in [-0.3, -0.25) is 4.99 Å². The third kappa shape index (κ3) is 5.35. The number of aliphatic imine (C=N–C) groups is 1. The van der Waals surface area contributed by atoms with Crippen molar-refractivity contribution in [3.8, 4) is 0 Å². The van der Waals surface area contributed by atoms with Crippen LogP contribution in [-0.2, 0) is 6.54 Å². The van der Waals surface area contributed by atoms with Gasteiger partial charge in [0.1, 0.15) is 0 Å². The highest BCUT2D eigenvalue weighted by Gasteiger charge is 2.25. The molecular formula is C17H31N5. The van der Waals surface area contributed by atoms with Crippen LogP contribution in [0.5, 0.6) is 0 Å². The molecule has 22 heavy (non-hydrogen) atoms. The number of rotatable bonds is 7. The molecule has 1 aliphatic rings. The second-order valence-electron chi connectivity index (χ2n) is 6.62. The molecule has 0 aromatic carbocycles. The number of imidazole rings is 1. The van der Waals surface area contributed by atoms with Crippen LogP contribution in [0, 0.1) is 11.8 Å². The summed E-state index contributed by atoms with van der Waals surface area (Å²) in [6.45, 7) is 11.9. The predicted octanol–water partition coefficient (Wildman–Crippen LogP) is 2.61. The first-order valence-corrected chi connectivity index (χ1v) is 8.68. The molecule has 0 spiro atoms. The summed E-state index contributed by atoms with van der Waals surface area (Å²) in [5.41, 5.74) is 0. The number of aryl methyl sites for hydroxylation is 1. The van der Waals surface area contributed by atoms with Crippen LogP contribution in [-0.4, -0.2) is 46.6 Å². The van der Waals surface area contributed by atoms with E-state index in [1.807, 2.05) is 18.7 Å². The summed E-state index contributed by atoms with van der Waals surface area (Å²) in [5, 5.41) is 3.45. The zero-order valence-corrected chi connectivity index (χ0v) is 14.3. The van der Waals surface area contributed by atoms with Gasteiger partial charge in [0.2, 0.25) is 0 Å². The molecule has 1 fully saturated rings. The highest BCUT2D eigenvalue weighted by Crippen LogP contribution is 2.23. The van der Waals surface area contributed by atoms with Gasteiger partial charge in [-0.25, -0.2) is 4.98 Å². The van der Waals surface area contributed by atoms with Gasteiger partial charge >= 0.3 is 0 Å². The molecule has 5 nitrogen and oxygen atoms in total. The normalized spacial score (nSPS) is 19.2. The summed E-state index contributed by atoms with van der Waals surface area (Å²) in [5.74, 6) is 2.72. The standard InChI is InChI=1S/C17H31N5/c1-4-19-17(20-7-5-9-21-11-8-18-14-21)22-10-6-16(13-22)12-15(2)3/h8,11,14-16H,4-7,9-10,12-13H2,1-3H3,(H,19,20). The van der Waals surface area contributed by atoms with E-state index in [9.17, 15) is 0 Å². The molecule has 0 saturated carbocycles. The van der Waals surface area contributed by atoms with Gasteiger partial charge < -0.3 is 14.8 Å². The largest absolute Gasteiger partial charge is 0.357 e. The van der Waals surface area contributed by atoms with Crippen LogP contribution < -0.4 is 5.32 Å². The smallest absolute Gasteiger partial charge is 0.193 e. The number of likely N-dealkylation sites (tertiary alicyclic amines) is 1. The van der Waals surface area contributed by atoms with Crippen molar-refractivity contribution in [2.45, 2.75) is 46.6 Å². The Kier molecular flexibility index (Phi) is 6.74. The van der Waals surface area contributed by atoms with Crippen molar-refractivity contribution in [1.82, 2.24) is 19.8 Å². The van der Waals surface area contributed by atoms with Crippen molar-refractivity contribution in [1.29, 1.82) is 0 Å². The lowest BCUT2D eigenvalue weighted by molar-refractivity contribution is 0.403. The van der Waals surface area contributed by atoms with E-state index in [-0.39, 0.29) is 0 Å². The fraction of sp³-hybridized carbons (Fsp3) is 0.765. The first-order chi connectivity index (χ1) is 10.7. The molecule has 1 aromatic rings. The van der Waals surface area contributed by atoms with E-state index in [1.165, 1.54) is 12.8 Å². The maximum absolute atomic E-state index is 4.81. The van der Waals surface area contributed by atoms with Crippen molar-refractivity contribution in [3.63, 3.8) is 0 Å². The summed E-state index contributed by atoms with van der Waals surface area (Å²) in [6.07, 6.45) is 9.38. The molecule has 0 amide bonds. The van der Waals surface area contributed by atoms with Crippen molar-refractivity contribution in [3.05, 3.63) is 18.7 Å². The number of nitrogens with zero attached hydrogens (tertiary/aromatic N) is 4. The number of guanidine groups is 1. The minimum Gasteiger partial charge on any atom is -0.357 e. The molecule has 1 unspecified atom stereocenters. The average molecular weight is 305 g/mol. The molecule has 1 saturated heterocycles. The van der Waals surface area contributed by atoms with Crippen LogP contribution in [0.15, 0.2) is 23.7 Å². The summed E-state index contributed by atoms with van der Waals surface area (Å²) in [4.78, 5) is 11.3. The van der Waals surface area contributed by atoms with Crippen LogP contribution in [0.3, 0.4) is 0 Å². The highest BCUT2D eigenvalue weighted by molar-refractivity contribution is 5.80. The Labute approximate surface area is 134 Å². The van der Waals surface area contributed by atoms with E-state index in [0.29, 0.717) is 0 Å². The number of nitrogens with one attached hydrogen (secondary N) is 1. The lowest BCUT2D eigenvalue weighted by Crippen LogP contribution is -2.40. The van der Waals surface area contributed by atoms with E-state index in [1.54, 1.807) is 0 Å². The second-order valence-corrected chi connectivity index (χ2v) is 6.62. The molecule has 2 rings (SSSR count). The molecular weight excluding hydrogens is 274 g/mol. The molecule has 1 aromatic heterocycles. The van der Waals surface area contributed by atoms with Crippen LogP contribution in [0.2, 0.25) is 0 Å². The number of hydrogen-bond acceptors (Lipinski definition) is 2. The first-order valence-electron chi connectivity index (χ1n) is 8.68. The minimum absolute atomic E-state index is 0.791. The molecule has 0 radical (unpaired) electrons. The second kappa shape index (κ2) is 8.81. The third-order valence-corrected chi connectivity index (χ3v) is 4.12. The number of aromatic nitrogens is 2. The predicted molar refractivity (Wildman–Crippen MR) is 92.0 cm³/mol. The molecule has 124 valence electrons. The first kappa shape index (κ1) is 16.8. The Morgan fingerprint density at radius 2 is 2.32 bits per heavy atom. The minimum atomic E-state index is 0.791. The lowest BCUT2D eigenvalue weighted by atomic mass is 9.97. The summed E-state index contributed by atoms with van der Waals surface area (Å²) < 4.78 is 2.11. The maximum Gasteiger partial charge on any atom is 0.193 e. The van der Waals surface area contributed by atoms with Crippen molar-refractivity contribution in [2.75, 3.05) is 26.2 Å². The van der Waals surface area contributed by atoms with Gasteiger partial charge in [0.25, 0.3) is 0 Å². The Morgan fingerprint density at radius 3 is 3.00 bits per heavy atom. The van der Waals surface area contributed by atoms with E-state index in [4.69, 9.17) is 4.99 Å². The summed E-state index contributed by atoms with van der Waals surface area (Å²) in [6, 6.07) is 0. The zero-order chi connectivity index (χ0) is 15.8. The van der Waals surface area contributed by atoms with Crippen LogP contribution in [0.25, 0.3) is 0 Å². The van der Waals surface area contributed by atoms with Crippen molar-refractivity contribution >= 4 is 5.96 Å². The highest BCUT2D eigenvalue weighted by atomic mass is 15.3. The fourth-order valence-corrected chi connectivity index (χ4v) is 3.17. The Bertz CT molecular complexity index is 438. The van der Waals surface area contributed by atoms with Gasteiger partial charge in [-0.15, -0.1) is 0 Å². The van der Waals surface area contributed by atoms with Crippen LogP contribution in [0.1, 0.15) is 40.0 Å². The monoisotopic (exact) mass is 305 g/mol. The molecule has 0 bridgehead atoms. The van der Waals surface area contributed by atoms with Gasteiger partial charge in [-0.2, -0.15) is 0 Å². The molecule has 1 aliphatic heterocycles. The van der Waals surface area contributed by atoms with Gasteiger partial charge in [0, 0.05) is 45.1 Å². The van der Waals surface area contributed by atoms with E-state index < -0.39 is 0 Å².